The Kier molecular flexibility index (Phi) is 10.3. The first kappa shape index (κ1) is 29.1. The Labute approximate surface area is 228 Å². The topological polar surface area (TPSA) is 86.8 Å². The van der Waals surface area contributed by atoms with Gasteiger partial charge in [0.15, 0.2) is 0 Å². The Hall–Kier alpha value is -3.43. The van der Waals surface area contributed by atoms with Gasteiger partial charge in [0, 0.05) is 25.1 Å². The maximum atomic E-state index is 14.7. The molecule has 1 N–H and O–H groups in total. The molecule has 0 saturated heterocycles. The molecular weight excluding hydrogens is 529 g/mol. The van der Waals surface area contributed by atoms with Crippen LogP contribution in [-0.2, 0) is 32.6 Å². The number of para-hydroxylation sites is 1. The highest BCUT2D eigenvalue weighted by Crippen LogP contribution is 2.28. The normalized spacial score (nSPS) is 12.0. The van der Waals surface area contributed by atoms with Crippen LogP contribution in [0.5, 0.6) is 0 Å². The SMILES string of the molecule is CCCNC(=O)[C@@H](Cc1ccccc1)N(Cc1ccccc1F)C(=O)CN(c1ccccc1Cl)S(C)(=O)=O. The number of hydrogen-bond acceptors (Lipinski definition) is 4. The van der Waals surface area contributed by atoms with Gasteiger partial charge in [0.1, 0.15) is 18.4 Å². The molecule has 2 amide bonds. The van der Waals surface area contributed by atoms with Crippen molar-refractivity contribution in [1.29, 1.82) is 0 Å². The molecule has 0 heterocycles. The smallest absolute Gasteiger partial charge is 0.244 e. The van der Waals surface area contributed by atoms with Gasteiger partial charge in [-0.25, -0.2) is 12.8 Å². The summed E-state index contributed by atoms with van der Waals surface area (Å²) in [7, 11) is -3.94. The van der Waals surface area contributed by atoms with Crippen LogP contribution >= 0.6 is 11.6 Å². The second-order valence-electron chi connectivity index (χ2n) is 8.83. The van der Waals surface area contributed by atoms with E-state index in [1.165, 1.54) is 35.2 Å². The first-order chi connectivity index (χ1) is 18.1. The minimum absolute atomic E-state index is 0.130. The number of sulfonamides is 1. The molecule has 0 bridgehead atoms. The summed E-state index contributed by atoms with van der Waals surface area (Å²) < 4.78 is 41.1. The number of rotatable bonds is 12. The molecule has 202 valence electrons. The largest absolute Gasteiger partial charge is 0.354 e. The van der Waals surface area contributed by atoms with E-state index in [1.54, 1.807) is 18.2 Å². The Morgan fingerprint density at radius 3 is 2.24 bits per heavy atom. The summed E-state index contributed by atoms with van der Waals surface area (Å²) in [6.07, 6.45) is 1.81. The van der Waals surface area contributed by atoms with E-state index < -0.39 is 40.2 Å². The van der Waals surface area contributed by atoms with E-state index in [0.717, 1.165) is 16.1 Å². The number of nitrogens with one attached hydrogen (secondary N) is 1. The van der Waals surface area contributed by atoms with Gasteiger partial charge in [-0.2, -0.15) is 0 Å². The molecule has 0 aromatic heterocycles. The molecule has 0 aliphatic carbocycles. The number of anilines is 1. The molecular formula is C28H31ClFN3O4S. The lowest BCUT2D eigenvalue weighted by Gasteiger charge is -2.33. The quantitative estimate of drug-likeness (QED) is 0.356. The summed E-state index contributed by atoms with van der Waals surface area (Å²) in [5.41, 5.74) is 1.12. The molecule has 0 fully saturated rings. The molecule has 3 aromatic rings. The van der Waals surface area contributed by atoms with Crippen molar-refractivity contribution in [1.82, 2.24) is 10.2 Å². The van der Waals surface area contributed by atoms with Gasteiger partial charge in [-0.1, -0.05) is 79.2 Å². The number of nitrogens with zero attached hydrogens (tertiary/aromatic N) is 2. The van der Waals surface area contributed by atoms with Crippen LogP contribution in [0.25, 0.3) is 0 Å². The monoisotopic (exact) mass is 559 g/mol. The van der Waals surface area contributed by atoms with Gasteiger partial charge < -0.3 is 10.2 Å². The van der Waals surface area contributed by atoms with Crippen molar-refractivity contribution in [2.24, 2.45) is 0 Å². The number of benzene rings is 3. The Morgan fingerprint density at radius 2 is 1.61 bits per heavy atom. The Balaban J connectivity index is 2.06. The fraction of sp³-hybridized carbons (Fsp3) is 0.286. The highest BCUT2D eigenvalue weighted by Gasteiger charge is 2.33. The van der Waals surface area contributed by atoms with E-state index in [1.807, 2.05) is 37.3 Å². The summed E-state index contributed by atoms with van der Waals surface area (Å²) >= 11 is 6.27. The zero-order valence-corrected chi connectivity index (χ0v) is 22.9. The van der Waals surface area contributed by atoms with Gasteiger partial charge in [-0.3, -0.25) is 13.9 Å². The number of hydrogen-bond donors (Lipinski definition) is 1. The fourth-order valence-corrected chi connectivity index (χ4v) is 5.13. The fourth-order valence-electron chi connectivity index (χ4n) is 3.98. The van der Waals surface area contributed by atoms with E-state index in [4.69, 9.17) is 11.6 Å². The Bertz CT molecular complexity index is 1350. The molecule has 0 aliphatic rings. The predicted octanol–water partition coefficient (Wildman–Crippen LogP) is 4.41. The Morgan fingerprint density at radius 1 is 0.974 bits per heavy atom. The maximum absolute atomic E-state index is 14.7. The van der Waals surface area contributed by atoms with Crippen LogP contribution in [0.15, 0.2) is 78.9 Å². The highest BCUT2D eigenvalue weighted by molar-refractivity contribution is 7.92. The lowest BCUT2D eigenvalue weighted by Crippen LogP contribution is -2.53. The zero-order chi connectivity index (χ0) is 27.7. The molecule has 0 unspecified atom stereocenters. The second-order valence-corrected chi connectivity index (χ2v) is 11.1. The molecule has 38 heavy (non-hydrogen) atoms. The van der Waals surface area contributed by atoms with Crippen LogP contribution in [0.1, 0.15) is 24.5 Å². The third-order valence-corrected chi connectivity index (χ3v) is 7.37. The summed E-state index contributed by atoms with van der Waals surface area (Å²) in [4.78, 5) is 28.5. The molecule has 0 aliphatic heterocycles. The van der Waals surface area contributed by atoms with E-state index in [-0.39, 0.29) is 29.2 Å². The van der Waals surface area contributed by atoms with Crippen molar-refractivity contribution in [3.63, 3.8) is 0 Å². The third kappa shape index (κ3) is 7.79. The summed E-state index contributed by atoms with van der Waals surface area (Å²) in [6, 6.07) is 20.4. The average molecular weight is 560 g/mol. The highest BCUT2D eigenvalue weighted by atomic mass is 35.5. The van der Waals surface area contributed by atoms with Crippen molar-refractivity contribution < 1.29 is 22.4 Å². The van der Waals surface area contributed by atoms with E-state index >= 15 is 0 Å². The lowest BCUT2D eigenvalue weighted by atomic mass is 10.0. The summed E-state index contributed by atoms with van der Waals surface area (Å²) in [5, 5.41) is 2.98. The molecule has 0 saturated carbocycles. The van der Waals surface area contributed by atoms with Crippen molar-refractivity contribution in [3.8, 4) is 0 Å². The minimum atomic E-state index is -3.94. The van der Waals surface area contributed by atoms with Gasteiger partial charge in [-0.15, -0.1) is 0 Å². The van der Waals surface area contributed by atoms with Gasteiger partial charge in [0.25, 0.3) is 0 Å². The summed E-state index contributed by atoms with van der Waals surface area (Å²) in [5.74, 6) is -1.63. The predicted molar refractivity (Wildman–Crippen MR) is 148 cm³/mol. The van der Waals surface area contributed by atoms with Crippen LogP contribution in [0.3, 0.4) is 0 Å². The van der Waals surface area contributed by atoms with Crippen LogP contribution in [0, 0.1) is 5.82 Å². The van der Waals surface area contributed by atoms with E-state index in [0.29, 0.717) is 13.0 Å². The van der Waals surface area contributed by atoms with Crippen LogP contribution < -0.4 is 9.62 Å². The summed E-state index contributed by atoms with van der Waals surface area (Å²) in [6.45, 7) is 1.44. The van der Waals surface area contributed by atoms with Crippen molar-refractivity contribution in [2.75, 3.05) is 23.7 Å². The molecule has 1 atom stereocenters. The average Bonchev–Trinajstić information content (AvgIpc) is 2.89. The standard InChI is InChI=1S/C28H31ClFN3O4S/c1-3-17-31-28(35)26(18-21-11-5-4-6-12-21)32(19-22-13-7-9-15-24(22)30)27(34)20-33(38(2,36)37)25-16-10-8-14-23(25)29/h4-16,26H,3,17-20H2,1-2H3,(H,31,35)/t26-/m1/s1. The zero-order valence-electron chi connectivity index (χ0n) is 21.3. The molecule has 0 spiro atoms. The molecule has 3 aromatic carbocycles. The molecule has 0 radical (unpaired) electrons. The van der Waals surface area contributed by atoms with Gasteiger partial charge in [0.05, 0.1) is 17.0 Å². The van der Waals surface area contributed by atoms with Crippen LogP contribution in [-0.4, -0.2) is 50.5 Å². The van der Waals surface area contributed by atoms with Crippen LogP contribution in [0.2, 0.25) is 5.02 Å². The number of halogens is 2. The molecule has 7 nitrogen and oxygen atoms in total. The molecule has 10 heteroatoms. The minimum Gasteiger partial charge on any atom is -0.354 e. The second kappa shape index (κ2) is 13.4. The van der Waals surface area contributed by atoms with Crippen molar-refractivity contribution in [2.45, 2.75) is 32.4 Å². The number of amides is 2. The first-order valence-electron chi connectivity index (χ1n) is 12.2. The van der Waals surface area contributed by atoms with Gasteiger partial charge in [-0.05, 0) is 30.2 Å². The van der Waals surface area contributed by atoms with E-state index in [9.17, 15) is 22.4 Å². The van der Waals surface area contributed by atoms with Crippen LogP contribution in [0.4, 0.5) is 10.1 Å². The number of carbonyl (C=O) groups excluding carboxylic acids is 2. The van der Waals surface area contributed by atoms with E-state index in [2.05, 4.69) is 5.32 Å². The van der Waals surface area contributed by atoms with Crippen molar-refractivity contribution >= 4 is 39.1 Å². The van der Waals surface area contributed by atoms with Crippen molar-refractivity contribution in [3.05, 3.63) is 101 Å². The maximum Gasteiger partial charge on any atom is 0.244 e. The molecule has 3 rings (SSSR count). The lowest BCUT2D eigenvalue weighted by molar-refractivity contribution is -0.140. The third-order valence-electron chi connectivity index (χ3n) is 5.92. The van der Waals surface area contributed by atoms with Gasteiger partial charge in [0.2, 0.25) is 21.8 Å². The van der Waals surface area contributed by atoms with Gasteiger partial charge >= 0.3 is 0 Å². The first-order valence-corrected chi connectivity index (χ1v) is 14.4. The number of carbonyl (C=O) groups is 2.